The average molecular weight is 347 g/mol. The molecule has 1 aliphatic heterocycles. The summed E-state index contributed by atoms with van der Waals surface area (Å²) in [5, 5.41) is 6.83. The molecule has 2 amide bonds. The summed E-state index contributed by atoms with van der Waals surface area (Å²) in [6.07, 6.45) is 5.97. The number of rotatable bonds is 4. The molecule has 1 saturated heterocycles. The zero-order valence-corrected chi connectivity index (χ0v) is 14.5. The van der Waals surface area contributed by atoms with Crippen LogP contribution in [0, 0.1) is 6.92 Å². The van der Waals surface area contributed by atoms with Crippen LogP contribution in [0.4, 0.5) is 5.95 Å². The van der Waals surface area contributed by atoms with Crippen molar-refractivity contribution >= 4 is 29.1 Å². The second-order valence-corrected chi connectivity index (χ2v) is 7.21. The highest BCUT2D eigenvalue weighted by atomic mass is 32.1. The van der Waals surface area contributed by atoms with Crippen molar-refractivity contribution in [1.29, 1.82) is 0 Å². The van der Waals surface area contributed by atoms with Crippen molar-refractivity contribution < 1.29 is 9.59 Å². The fourth-order valence-corrected chi connectivity index (χ4v) is 3.47. The topological polar surface area (TPSA) is 80.1 Å². The summed E-state index contributed by atoms with van der Waals surface area (Å²) in [6.45, 7) is 3.73. The van der Waals surface area contributed by atoms with E-state index in [9.17, 15) is 9.59 Å². The Morgan fingerprint density at radius 3 is 2.62 bits per heavy atom. The number of amides is 2. The SMILES string of the molecule is Cc1ccc(C(=O)Nc2ncn(CC(=O)N3CCCCCC3)n2)s1. The molecule has 1 N–H and O–H groups in total. The third-order valence-corrected chi connectivity index (χ3v) is 4.98. The number of carbonyl (C=O) groups excluding carboxylic acids is 2. The van der Waals surface area contributed by atoms with Gasteiger partial charge in [-0.25, -0.2) is 9.67 Å². The lowest BCUT2D eigenvalue weighted by Crippen LogP contribution is -2.34. The first-order valence-corrected chi connectivity index (χ1v) is 8.98. The van der Waals surface area contributed by atoms with Crippen LogP contribution in [-0.4, -0.2) is 44.6 Å². The number of thiophene rings is 1. The molecule has 0 saturated carbocycles. The van der Waals surface area contributed by atoms with Crippen molar-refractivity contribution in [3.63, 3.8) is 0 Å². The number of aryl methyl sites for hydroxylation is 1. The zero-order chi connectivity index (χ0) is 16.9. The molecule has 0 atom stereocenters. The second kappa shape index (κ2) is 7.57. The highest BCUT2D eigenvalue weighted by molar-refractivity contribution is 7.14. The predicted octanol–water partition coefficient (Wildman–Crippen LogP) is 2.30. The Labute approximate surface area is 144 Å². The summed E-state index contributed by atoms with van der Waals surface area (Å²) < 4.78 is 1.47. The maximum atomic E-state index is 12.3. The van der Waals surface area contributed by atoms with E-state index in [-0.39, 0.29) is 24.3 Å². The summed E-state index contributed by atoms with van der Waals surface area (Å²) in [6, 6.07) is 3.67. The number of anilines is 1. The Hall–Kier alpha value is -2.22. The normalized spacial score (nSPS) is 15.1. The highest BCUT2D eigenvalue weighted by Gasteiger charge is 2.17. The molecule has 1 aliphatic rings. The molecular formula is C16H21N5O2S. The Kier molecular flexibility index (Phi) is 5.24. The lowest BCUT2D eigenvalue weighted by atomic mass is 10.2. The second-order valence-electron chi connectivity index (χ2n) is 5.93. The minimum atomic E-state index is -0.232. The van der Waals surface area contributed by atoms with E-state index in [1.165, 1.54) is 35.2 Å². The minimum Gasteiger partial charge on any atom is -0.341 e. The predicted molar refractivity (Wildman–Crippen MR) is 92.1 cm³/mol. The molecule has 0 spiro atoms. The van der Waals surface area contributed by atoms with E-state index < -0.39 is 0 Å². The van der Waals surface area contributed by atoms with Gasteiger partial charge in [0.2, 0.25) is 11.9 Å². The van der Waals surface area contributed by atoms with Crippen LogP contribution in [0.5, 0.6) is 0 Å². The molecule has 3 heterocycles. The van der Waals surface area contributed by atoms with Crippen LogP contribution in [-0.2, 0) is 11.3 Å². The molecule has 3 rings (SSSR count). The maximum absolute atomic E-state index is 12.3. The molecule has 128 valence electrons. The summed E-state index contributed by atoms with van der Waals surface area (Å²) in [5.74, 6) is 0.0352. The lowest BCUT2D eigenvalue weighted by Gasteiger charge is -2.19. The molecule has 0 bridgehead atoms. The Balaban J connectivity index is 1.56. The number of carbonyl (C=O) groups is 2. The smallest absolute Gasteiger partial charge is 0.268 e. The standard InChI is InChI=1S/C16H21N5O2S/c1-12-6-7-13(24-12)15(23)18-16-17-11-21(19-16)10-14(22)20-8-4-2-3-5-9-20/h6-7,11H,2-5,8-10H2,1H3,(H,18,19,23). The van der Waals surface area contributed by atoms with Crippen LogP contribution in [0.2, 0.25) is 0 Å². The number of nitrogens with one attached hydrogen (secondary N) is 1. The molecule has 0 radical (unpaired) electrons. The number of hydrogen-bond acceptors (Lipinski definition) is 5. The Morgan fingerprint density at radius 2 is 1.96 bits per heavy atom. The molecular weight excluding hydrogens is 326 g/mol. The van der Waals surface area contributed by atoms with Gasteiger partial charge in [0.05, 0.1) is 4.88 Å². The largest absolute Gasteiger partial charge is 0.341 e. The molecule has 2 aromatic heterocycles. The van der Waals surface area contributed by atoms with E-state index in [0.29, 0.717) is 4.88 Å². The first kappa shape index (κ1) is 16.6. The van der Waals surface area contributed by atoms with Crippen LogP contribution in [0.3, 0.4) is 0 Å². The highest BCUT2D eigenvalue weighted by Crippen LogP contribution is 2.16. The summed E-state index contributed by atoms with van der Waals surface area (Å²) >= 11 is 1.42. The van der Waals surface area contributed by atoms with Crippen molar-refractivity contribution in [3.8, 4) is 0 Å². The molecule has 2 aromatic rings. The minimum absolute atomic E-state index is 0.0496. The van der Waals surface area contributed by atoms with Crippen molar-refractivity contribution in [3.05, 3.63) is 28.2 Å². The first-order chi connectivity index (χ1) is 11.6. The number of aromatic nitrogens is 3. The average Bonchev–Trinajstić information content (AvgIpc) is 3.08. The van der Waals surface area contributed by atoms with Crippen LogP contribution in [0.15, 0.2) is 18.5 Å². The van der Waals surface area contributed by atoms with E-state index in [0.717, 1.165) is 30.8 Å². The molecule has 7 nitrogen and oxygen atoms in total. The van der Waals surface area contributed by atoms with Crippen LogP contribution in [0.25, 0.3) is 0 Å². The molecule has 0 aliphatic carbocycles. The lowest BCUT2D eigenvalue weighted by molar-refractivity contribution is -0.132. The molecule has 0 unspecified atom stereocenters. The van der Waals surface area contributed by atoms with E-state index in [4.69, 9.17) is 0 Å². The van der Waals surface area contributed by atoms with E-state index in [2.05, 4.69) is 15.4 Å². The van der Waals surface area contributed by atoms with Gasteiger partial charge in [0.1, 0.15) is 12.9 Å². The number of hydrogen-bond donors (Lipinski definition) is 1. The van der Waals surface area contributed by atoms with Crippen molar-refractivity contribution in [2.75, 3.05) is 18.4 Å². The maximum Gasteiger partial charge on any atom is 0.268 e. The van der Waals surface area contributed by atoms with Gasteiger partial charge in [0.15, 0.2) is 0 Å². The van der Waals surface area contributed by atoms with Gasteiger partial charge < -0.3 is 4.90 Å². The fraction of sp³-hybridized carbons (Fsp3) is 0.500. The van der Waals surface area contributed by atoms with E-state index >= 15 is 0 Å². The fourth-order valence-electron chi connectivity index (χ4n) is 2.71. The van der Waals surface area contributed by atoms with Crippen molar-refractivity contribution in [1.82, 2.24) is 19.7 Å². The number of nitrogens with zero attached hydrogens (tertiary/aromatic N) is 4. The Bertz CT molecular complexity index is 716. The third-order valence-electron chi connectivity index (χ3n) is 3.98. The quantitative estimate of drug-likeness (QED) is 0.920. The van der Waals surface area contributed by atoms with Gasteiger partial charge in [-0.1, -0.05) is 12.8 Å². The summed E-state index contributed by atoms with van der Waals surface area (Å²) in [5.41, 5.74) is 0. The van der Waals surface area contributed by atoms with Gasteiger partial charge in [-0.2, -0.15) is 0 Å². The van der Waals surface area contributed by atoms with Crippen LogP contribution in [0.1, 0.15) is 40.2 Å². The zero-order valence-electron chi connectivity index (χ0n) is 13.7. The van der Waals surface area contributed by atoms with Crippen LogP contribution >= 0.6 is 11.3 Å². The molecule has 1 fully saturated rings. The van der Waals surface area contributed by atoms with Gasteiger partial charge in [0, 0.05) is 18.0 Å². The monoisotopic (exact) mass is 347 g/mol. The molecule has 8 heteroatoms. The molecule has 0 aromatic carbocycles. The van der Waals surface area contributed by atoms with E-state index in [1.54, 1.807) is 6.07 Å². The van der Waals surface area contributed by atoms with Crippen LogP contribution < -0.4 is 5.32 Å². The van der Waals surface area contributed by atoms with Crippen molar-refractivity contribution in [2.45, 2.75) is 39.2 Å². The first-order valence-electron chi connectivity index (χ1n) is 8.17. The third kappa shape index (κ3) is 4.19. The van der Waals surface area contributed by atoms with Gasteiger partial charge in [0.25, 0.3) is 5.91 Å². The summed E-state index contributed by atoms with van der Waals surface area (Å²) in [7, 11) is 0. The van der Waals surface area contributed by atoms with Gasteiger partial charge in [-0.15, -0.1) is 16.4 Å². The van der Waals surface area contributed by atoms with Crippen molar-refractivity contribution in [2.24, 2.45) is 0 Å². The van der Waals surface area contributed by atoms with E-state index in [1.807, 2.05) is 17.9 Å². The summed E-state index contributed by atoms with van der Waals surface area (Å²) in [4.78, 5) is 32.0. The number of likely N-dealkylation sites (tertiary alicyclic amines) is 1. The molecule has 24 heavy (non-hydrogen) atoms. The van der Waals surface area contributed by atoms with Gasteiger partial charge >= 0.3 is 0 Å². The Morgan fingerprint density at radius 1 is 1.21 bits per heavy atom. The van der Waals surface area contributed by atoms with Gasteiger partial charge in [-0.3, -0.25) is 14.9 Å². The van der Waals surface area contributed by atoms with Gasteiger partial charge in [-0.05, 0) is 31.9 Å².